The van der Waals surface area contributed by atoms with E-state index in [9.17, 15) is 19.5 Å². The maximum Gasteiger partial charge on any atom is 0.302 e. The number of aliphatic hydroxyl groups is 1. The number of rotatable bonds is 8. The first-order chi connectivity index (χ1) is 12.9. The smallest absolute Gasteiger partial charge is 0.302 e. The van der Waals surface area contributed by atoms with Crippen LogP contribution < -0.4 is 0 Å². The molecule has 0 aromatic heterocycles. The van der Waals surface area contributed by atoms with E-state index in [2.05, 4.69) is 38.4 Å². The summed E-state index contributed by atoms with van der Waals surface area (Å²) in [4.78, 5) is 36.4. The van der Waals surface area contributed by atoms with Crippen LogP contribution in [-0.2, 0) is 33.3 Å². The highest BCUT2D eigenvalue weighted by molar-refractivity contribution is 9.11. The average Bonchev–Trinajstić information content (AvgIpc) is 2.85. The van der Waals surface area contributed by atoms with Gasteiger partial charge in [0.1, 0.15) is 14.2 Å². The topological polar surface area (TPSA) is 108 Å². The van der Waals surface area contributed by atoms with Gasteiger partial charge in [-0.3, -0.25) is 14.4 Å². The molecular formula is C18H24Br2O8. The Morgan fingerprint density at radius 3 is 1.96 bits per heavy atom. The van der Waals surface area contributed by atoms with Gasteiger partial charge in [0, 0.05) is 46.3 Å². The molecule has 10 heteroatoms. The fourth-order valence-corrected chi connectivity index (χ4v) is 7.79. The van der Waals surface area contributed by atoms with Crippen molar-refractivity contribution in [3.8, 4) is 0 Å². The fourth-order valence-electron chi connectivity index (χ4n) is 4.67. The molecule has 0 aromatic carbocycles. The molecule has 28 heavy (non-hydrogen) atoms. The van der Waals surface area contributed by atoms with Gasteiger partial charge in [0.15, 0.2) is 5.78 Å². The van der Waals surface area contributed by atoms with E-state index < -0.39 is 49.6 Å². The minimum Gasteiger partial charge on any atom is -0.466 e. The Morgan fingerprint density at radius 2 is 1.57 bits per heavy atom. The molecular weight excluding hydrogens is 504 g/mol. The second-order valence-corrected chi connectivity index (χ2v) is 9.45. The van der Waals surface area contributed by atoms with Crippen molar-refractivity contribution in [2.75, 3.05) is 27.4 Å². The van der Waals surface area contributed by atoms with Crippen LogP contribution in [0.5, 0.6) is 0 Å². The lowest BCUT2D eigenvalue weighted by atomic mass is 9.69. The van der Waals surface area contributed by atoms with Crippen molar-refractivity contribution in [3.63, 3.8) is 0 Å². The summed E-state index contributed by atoms with van der Waals surface area (Å²) < 4.78 is 18.7. The quantitative estimate of drug-likeness (QED) is 0.219. The average molecular weight is 528 g/mol. The number of halogens is 2. The Labute approximate surface area is 180 Å². The van der Waals surface area contributed by atoms with Gasteiger partial charge in [-0.25, -0.2) is 0 Å². The normalized spacial score (nSPS) is 38.3. The molecule has 2 aliphatic rings. The molecule has 0 aliphatic heterocycles. The highest BCUT2D eigenvalue weighted by Crippen LogP contribution is 2.74. The second-order valence-electron chi connectivity index (χ2n) is 6.95. The van der Waals surface area contributed by atoms with Crippen molar-refractivity contribution in [2.45, 2.75) is 40.3 Å². The van der Waals surface area contributed by atoms with Gasteiger partial charge in [0.2, 0.25) is 5.79 Å². The third-order valence-electron chi connectivity index (χ3n) is 5.72. The summed E-state index contributed by atoms with van der Waals surface area (Å²) in [5.41, 5.74) is -1.98. The summed E-state index contributed by atoms with van der Waals surface area (Å²) >= 11 is 7.05. The number of Topliss-reactive ketones (excluding diaryl/α,β-unsaturated/α-hetero) is 1. The van der Waals surface area contributed by atoms with Crippen LogP contribution in [0.25, 0.3) is 0 Å². The predicted molar refractivity (Wildman–Crippen MR) is 105 cm³/mol. The first-order valence-electron chi connectivity index (χ1n) is 8.57. The monoisotopic (exact) mass is 526 g/mol. The molecule has 2 saturated carbocycles. The highest BCUT2D eigenvalue weighted by Gasteiger charge is 2.92. The van der Waals surface area contributed by atoms with Gasteiger partial charge in [-0.05, 0) is 0 Å². The largest absolute Gasteiger partial charge is 0.466 e. The molecule has 1 N–H and O–H groups in total. The van der Waals surface area contributed by atoms with Crippen molar-refractivity contribution in [1.29, 1.82) is 0 Å². The maximum absolute atomic E-state index is 13.5. The molecule has 158 valence electrons. The van der Waals surface area contributed by atoms with Crippen molar-refractivity contribution in [3.05, 3.63) is 12.7 Å². The van der Waals surface area contributed by atoms with Crippen LogP contribution in [-0.4, -0.2) is 70.3 Å². The Balaban J connectivity index is 2.73. The molecule has 0 radical (unpaired) electrons. The third-order valence-corrected chi connectivity index (χ3v) is 8.96. The van der Waals surface area contributed by atoms with Gasteiger partial charge in [0.05, 0.1) is 13.2 Å². The number of methoxy groups -OCH3 is 2. The Kier molecular flexibility index (Phi) is 6.53. The van der Waals surface area contributed by atoms with E-state index >= 15 is 0 Å². The Bertz CT molecular complexity index is 693. The van der Waals surface area contributed by atoms with Crippen LogP contribution in [0.2, 0.25) is 0 Å². The van der Waals surface area contributed by atoms with Crippen LogP contribution in [0, 0.1) is 11.8 Å². The molecule has 5 atom stereocenters. The van der Waals surface area contributed by atoms with Crippen molar-refractivity contribution in [2.24, 2.45) is 11.8 Å². The molecule has 8 nitrogen and oxygen atoms in total. The van der Waals surface area contributed by atoms with E-state index in [-0.39, 0.29) is 19.6 Å². The summed E-state index contributed by atoms with van der Waals surface area (Å²) in [7, 11) is 2.69. The van der Waals surface area contributed by atoms with Crippen molar-refractivity contribution in [1.82, 2.24) is 0 Å². The molecule has 2 bridgehead atoms. The van der Waals surface area contributed by atoms with E-state index in [1.54, 1.807) is 0 Å². The maximum atomic E-state index is 13.5. The van der Waals surface area contributed by atoms with Gasteiger partial charge < -0.3 is 24.1 Å². The molecule has 0 heterocycles. The molecule has 0 amide bonds. The number of hydrogen-bond donors (Lipinski definition) is 1. The van der Waals surface area contributed by atoms with Crippen molar-refractivity contribution >= 4 is 49.6 Å². The minimum absolute atomic E-state index is 0.101. The van der Waals surface area contributed by atoms with E-state index in [1.807, 2.05) is 0 Å². The number of fused-ring (bicyclic) bond motifs is 2. The zero-order valence-corrected chi connectivity index (χ0v) is 19.3. The van der Waals surface area contributed by atoms with E-state index in [0.29, 0.717) is 0 Å². The molecule has 0 spiro atoms. The molecule has 2 fully saturated rings. The first-order valence-corrected chi connectivity index (χ1v) is 10.2. The fraction of sp³-hybridized carbons (Fsp3) is 0.722. The molecule has 0 aromatic rings. The highest BCUT2D eigenvalue weighted by atomic mass is 79.9. The number of carbonyl (C=O) groups excluding carboxylic acids is 3. The summed E-state index contributed by atoms with van der Waals surface area (Å²) in [6.07, 6.45) is 1.31. The second kappa shape index (κ2) is 7.79. The third kappa shape index (κ3) is 2.68. The summed E-state index contributed by atoms with van der Waals surface area (Å²) in [5, 5.41) is 11.5. The first kappa shape index (κ1) is 23.5. The molecule has 2 aliphatic carbocycles. The van der Waals surface area contributed by atoms with E-state index in [4.69, 9.17) is 18.9 Å². The standard InChI is InChI=1S/C18H24Br2O8/c1-6-7-15(24)14(23)16(19)12(8-27-10(2)21)13(9-28-11(3)22)17(15,20)18(16,25-4)26-5/h6,12-13,24H,1,7-9H2,2-5H3/t12-,13+,15-,16-,17+/m1/s1. The Morgan fingerprint density at radius 1 is 1.11 bits per heavy atom. The number of ketones is 1. The van der Waals surface area contributed by atoms with Gasteiger partial charge >= 0.3 is 11.9 Å². The molecule has 0 saturated heterocycles. The van der Waals surface area contributed by atoms with Crippen LogP contribution in [0.3, 0.4) is 0 Å². The van der Waals surface area contributed by atoms with E-state index in [0.717, 1.165) is 0 Å². The van der Waals surface area contributed by atoms with Gasteiger partial charge in [0.25, 0.3) is 0 Å². The van der Waals surface area contributed by atoms with Crippen molar-refractivity contribution < 1.29 is 38.4 Å². The molecule has 0 unspecified atom stereocenters. The lowest BCUT2D eigenvalue weighted by Gasteiger charge is -2.46. The van der Waals surface area contributed by atoms with Crippen LogP contribution >= 0.6 is 31.9 Å². The number of esters is 2. The summed E-state index contributed by atoms with van der Waals surface area (Å²) in [5.74, 6) is -4.80. The number of carbonyl (C=O) groups is 3. The zero-order valence-electron chi connectivity index (χ0n) is 16.1. The van der Waals surface area contributed by atoms with Crippen LogP contribution in [0.1, 0.15) is 20.3 Å². The minimum atomic E-state index is -1.98. The molecule has 2 rings (SSSR count). The number of hydrogen-bond acceptors (Lipinski definition) is 8. The van der Waals surface area contributed by atoms with Gasteiger partial charge in [-0.15, -0.1) is 6.58 Å². The lowest BCUT2D eigenvalue weighted by molar-refractivity contribution is -0.230. The van der Waals surface area contributed by atoms with Crippen LogP contribution in [0.4, 0.5) is 0 Å². The number of ether oxygens (including phenoxy) is 4. The van der Waals surface area contributed by atoms with Crippen LogP contribution in [0.15, 0.2) is 12.7 Å². The lowest BCUT2D eigenvalue weighted by Crippen LogP contribution is -2.64. The van der Waals surface area contributed by atoms with Gasteiger partial charge in [-0.1, -0.05) is 37.9 Å². The zero-order chi connectivity index (χ0) is 21.5. The van der Waals surface area contributed by atoms with Gasteiger partial charge in [-0.2, -0.15) is 0 Å². The SMILES string of the molecule is C=CC[C@@]1(O)C(=O)[C@]2(Br)[C@H](COC(C)=O)[C@H](COC(C)=O)[C@@]1(Br)C2(OC)OC. The Hall–Kier alpha value is -0.810. The predicted octanol–water partition coefficient (Wildman–Crippen LogP) is 1.50. The number of alkyl halides is 2. The van der Waals surface area contributed by atoms with E-state index in [1.165, 1.54) is 34.1 Å². The summed E-state index contributed by atoms with van der Waals surface area (Å²) in [6, 6.07) is 0. The summed E-state index contributed by atoms with van der Waals surface area (Å²) in [6.45, 7) is 5.79.